The van der Waals surface area contributed by atoms with Gasteiger partial charge in [0.2, 0.25) is 5.79 Å². The van der Waals surface area contributed by atoms with E-state index in [0.29, 0.717) is 20.9 Å². The van der Waals surface area contributed by atoms with E-state index in [2.05, 4.69) is 15.9 Å². The summed E-state index contributed by atoms with van der Waals surface area (Å²) < 4.78 is 41.6. The maximum atomic E-state index is 12.3. The SMILES string of the molecule is Cc1ccc(S(=O)(=O)OC[C@H]2CO[C@](CBr)(c3ccc(Cl)cc3Cl)O2)cc1. The molecule has 0 bridgehead atoms. The van der Waals surface area contributed by atoms with E-state index in [4.69, 9.17) is 36.9 Å². The molecule has 0 radical (unpaired) electrons. The van der Waals surface area contributed by atoms with Crippen molar-refractivity contribution < 1.29 is 22.1 Å². The maximum absolute atomic E-state index is 12.3. The van der Waals surface area contributed by atoms with Crippen LogP contribution in [0.25, 0.3) is 0 Å². The molecule has 1 fully saturated rings. The van der Waals surface area contributed by atoms with Gasteiger partial charge in [-0.1, -0.05) is 62.9 Å². The van der Waals surface area contributed by atoms with Gasteiger partial charge in [0, 0.05) is 10.6 Å². The fourth-order valence-electron chi connectivity index (χ4n) is 2.67. The maximum Gasteiger partial charge on any atom is 0.297 e. The average Bonchev–Trinajstić information content (AvgIpc) is 3.05. The number of hydrogen-bond donors (Lipinski definition) is 0. The van der Waals surface area contributed by atoms with Crippen molar-refractivity contribution in [2.24, 2.45) is 0 Å². The standard InChI is InChI=1S/C18H17BrCl2O5S/c1-12-2-5-15(6-3-12)27(22,23)25-10-14-9-24-18(11-19,26-14)16-7-4-13(20)8-17(16)21/h2-8,14H,9-11H2,1H3/t14-,18+/m1/s1. The van der Waals surface area contributed by atoms with Crippen LogP contribution in [0.5, 0.6) is 0 Å². The van der Waals surface area contributed by atoms with Gasteiger partial charge in [-0.15, -0.1) is 0 Å². The second-order valence-corrected chi connectivity index (χ2v) is 9.13. The molecule has 5 nitrogen and oxygen atoms in total. The van der Waals surface area contributed by atoms with Crippen molar-refractivity contribution in [1.82, 2.24) is 0 Å². The molecule has 0 aliphatic carbocycles. The molecule has 0 N–H and O–H groups in total. The largest absolute Gasteiger partial charge is 0.342 e. The molecule has 1 aliphatic rings. The van der Waals surface area contributed by atoms with Crippen molar-refractivity contribution >= 4 is 49.2 Å². The highest BCUT2D eigenvalue weighted by Gasteiger charge is 2.44. The summed E-state index contributed by atoms with van der Waals surface area (Å²) in [6.07, 6.45) is -0.575. The fraction of sp³-hybridized carbons (Fsp3) is 0.333. The van der Waals surface area contributed by atoms with Crippen LogP contribution in [0.1, 0.15) is 11.1 Å². The quantitative estimate of drug-likeness (QED) is 0.430. The molecular weight excluding hydrogens is 479 g/mol. The van der Waals surface area contributed by atoms with Crippen molar-refractivity contribution in [2.45, 2.75) is 23.7 Å². The van der Waals surface area contributed by atoms with Crippen LogP contribution < -0.4 is 0 Å². The Kier molecular flexibility index (Phi) is 6.52. The van der Waals surface area contributed by atoms with Gasteiger partial charge in [0.1, 0.15) is 6.10 Å². The van der Waals surface area contributed by atoms with Crippen LogP contribution in [-0.2, 0) is 29.6 Å². The van der Waals surface area contributed by atoms with Crippen molar-refractivity contribution in [3.8, 4) is 0 Å². The molecule has 0 amide bonds. The molecule has 2 aromatic carbocycles. The van der Waals surface area contributed by atoms with Gasteiger partial charge in [0.15, 0.2) is 0 Å². The van der Waals surface area contributed by atoms with E-state index in [0.717, 1.165) is 5.56 Å². The number of ether oxygens (including phenoxy) is 2. The normalized spacial score (nSPS) is 22.9. The first-order chi connectivity index (χ1) is 12.8. The van der Waals surface area contributed by atoms with Crippen LogP contribution in [0.3, 0.4) is 0 Å². The molecule has 0 aromatic heterocycles. The minimum Gasteiger partial charge on any atom is -0.342 e. The summed E-state index contributed by atoms with van der Waals surface area (Å²) in [7, 11) is -3.88. The summed E-state index contributed by atoms with van der Waals surface area (Å²) in [5.41, 5.74) is 1.57. The third kappa shape index (κ3) is 4.67. The molecule has 0 saturated carbocycles. The van der Waals surface area contributed by atoms with Crippen LogP contribution >= 0.6 is 39.1 Å². The average molecular weight is 496 g/mol. The lowest BCUT2D eigenvalue weighted by atomic mass is 10.1. The highest BCUT2D eigenvalue weighted by atomic mass is 79.9. The molecule has 1 saturated heterocycles. The molecule has 0 spiro atoms. The lowest BCUT2D eigenvalue weighted by Gasteiger charge is -2.27. The van der Waals surface area contributed by atoms with E-state index in [1.165, 1.54) is 12.1 Å². The van der Waals surface area contributed by atoms with Crippen molar-refractivity contribution in [3.05, 3.63) is 63.6 Å². The van der Waals surface area contributed by atoms with Crippen LogP contribution in [0.4, 0.5) is 0 Å². The predicted octanol–water partition coefficient (Wildman–Crippen LogP) is 4.67. The Balaban J connectivity index is 1.70. The fourth-order valence-corrected chi connectivity index (χ4v) is 4.75. The van der Waals surface area contributed by atoms with Gasteiger partial charge in [-0.2, -0.15) is 8.42 Å². The molecule has 1 heterocycles. The number of rotatable bonds is 6. The first-order valence-corrected chi connectivity index (χ1v) is 11.3. The van der Waals surface area contributed by atoms with E-state index >= 15 is 0 Å². The summed E-state index contributed by atoms with van der Waals surface area (Å²) >= 11 is 15.6. The van der Waals surface area contributed by atoms with Crippen molar-refractivity contribution in [3.63, 3.8) is 0 Å². The molecule has 1 aliphatic heterocycles. The third-order valence-electron chi connectivity index (χ3n) is 4.10. The van der Waals surface area contributed by atoms with Gasteiger partial charge < -0.3 is 9.47 Å². The monoisotopic (exact) mass is 494 g/mol. The molecular formula is C18H17BrCl2O5S. The molecule has 2 aromatic rings. The Bertz CT molecular complexity index is 920. The van der Waals surface area contributed by atoms with Gasteiger partial charge in [-0.25, -0.2) is 0 Å². The summed E-state index contributed by atoms with van der Waals surface area (Å²) in [5.74, 6) is -1.14. The van der Waals surface area contributed by atoms with Gasteiger partial charge in [0.25, 0.3) is 10.1 Å². The summed E-state index contributed by atoms with van der Waals surface area (Å²) in [4.78, 5) is 0.0968. The van der Waals surface area contributed by atoms with Crippen LogP contribution in [-0.4, -0.2) is 33.1 Å². The summed E-state index contributed by atoms with van der Waals surface area (Å²) in [6.45, 7) is 1.87. The topological polar surface area (TPSA) is 61.8 Å². The zero-order valence-electron chi connectivity index (χ0n) is 14.3. The Labute approximate surface area is 176 Å². The number of alkyl halides is 1. The highest BCUT2D eigenvalue weighted by Crippen LogP contribution is 2.40. The lowest BCUT2D eigenvalue weighted by molar-refractivity contribution is -0.159. The molecule has 0 unspecified atom stereocenters. The first kappa shape index (κ1) is 21.0. The molecule has 27 heavy (non-hydrogen) atoms. The Morgan fingerprint density at radius 3 is 2.56 bits per heavy atom. The second-order valence-electron chi connectivity index (χ2n) is 6.11. The Morgan fingerprint density at radius 1 is 1.22 bits per heavy atom. The van der Waals surface area contributed by atoms with Crippen molar-refractivity contribution in [1.29, 1.82) is 0 Å². The highest BCUT2D eigenvalue weighted by molar-refractivity contribution is 9.09. The third-order valence-corrected chi connectivity index (χ3v) is 6.68. The van der Waals surface area contributed by atoms with Crippen LogP contribution in [0.15, 0.2) is 47.4 Å². The van der Waals surface area contributed by atoms with Crippen LogP contribution in [0.2, 0.25) is 10.0 Å². The van der Waals surface area contributed by atoms with Crippen molar-refractivity contribution in [2.75, 3.05) is 18.5 Å². The van der Waals surface area contributed by atoms with E-state index < -0.39 is 22.0 Å². The summed E-state index contributed by atoms with van der Waals surface area (Å²) in [6, 6.07) is 11.4. The number of hydrogen-bond acceptors (Lipinski definition) is 5. The van der Waals surface area contributed by atoms with E-state index in [9.17, 15) is 8.42 Å². The van der Waals surface area contributed by atoms with Crippen LogP contribution in [0, 0.1) is 6.92 Å². The minimum atomic E-state index is -3.88. The van der Waals surface area contributed by atoms with E-state index in [1.807, 2.05) is 6.92 Å². The lowest BCUT2D eigenvalue weighted by Crippen LogP contribution is -2.31. The predicted molar refractivity (Wildman–Crippen MR) is 107 cm³/mol. The van der Waals surface area contributed by atoms with Gasteiger partial charge >= 0.3 is 0 Å². The zero-order valence-corrected chi connectivity index (χ0v) is 18.2. The second kappa shape index (κ2) is 8.37. The number of benzene rings is 2. The molecule has 3 rings (SSSR count). The smallest absolute Gasteiger partial charge is 0.297 e. The molecule has 2 atom stereocenters. The number of aryl methyl sites for hydroxylation is 1. The minimum absolute atomic E-state index is 0.0968. The first-order valence-electron chi connectivity index (χ1n) is 8.05. The Hall–Kier alpha value is -0.670. The van der Waals surface area contributed by atoms with E-state index in [-0.39, 0.29) is 18.1 Å². The summed E-state index contributed by atoms with van der Waals surface area (Å²) in [5, 5.41) is 1.20. The molecule has 146 valence electrons. The van der Waals surface area contributed by atoms with Gasteiger partial charge in [0.05, 0.1) is 28.5 Å². The van der Waals surface area contributed by atoms with Gasteiger partial charge in [-0.05, 0) is 31.2 Å². The number of halogens is 3. The van der Waals surface area contributed by atoms with Gasteiger partial charge in [-0.3, -0.25) is 4.18 Å². The molecule has 9 heteroatoms. The van der Waals surface area contributed by atoms with E-state index in [1.54, 1.807) is 30.3 Å². The zero-order chi connectivity index (χ0) is 19.7. The Morgan fingerprint density at radius 2 is 1.93 bits per heavy atom.